The second kappa shape index (κ2) is 7.08. The molecule has 0 spiro atoms. The molecule has 0 saturated carbocycles. The lowest BCUT2D eigenvalue weighted by atomic mass is 9.96. The molecule has 8 nitrogen and oxygen atoms in total. The number of carboxylic acids is 1. The predicted molar refractivity (Wildman–Crippen MR) is 89.3 cm³/mol. The first kappa shape index (κ1) is 18.7. The molecule has 1 aromatic rings. The van der Waals surface area contributed by atoms with Gasteiger partial charge in [-0.05, 0) is 39.5 Å². The molecule has 1 aromatic carbocycles. The lowest BCUT2D eigenvalue weighted by Gasteiger charge is -2.26. The van der Waals surface area contributed by atoms with Gasteiger partial charge in [-0.3, -0.25) is 15.0 Å². The minimum Gasteiger partial charge on any atom is -0.480 e. The number of amides is 1. The Bertz CT molecular complexity index is 682. The van der Waals surface area contributed by atoms with Crippen LogP contribution in [-0.4, -0.2) is 45.2 Å². The van der Waals surface area contributed by atoms with Crippen LogP contribution in [0.3, 0.4) is 0 Å². The Balaban J connectivity index is 2.16. The first-order chi connectivity index (χ1) is 11.6. The topological polar surface area (TPSA) is 110 Å². The average molecular weight is 350 g/mol. The summed E-state index contributed by atoms with van der Waals surface area (Å²) in [5.41, 5.74) is -0.186. The maximum absolute atomic E-state index is 12.3. The van der Waals surface area contributed by atoms with Crippen molar-refractivity contribution in [2.24, 2.45) is 5.92 Å². The van der Waals surface area contributed by atoms with Crippen LogP contribution in [-0.2, 0) is 16.0 Å². The molecule has 8 heteroatoms. The molecule has 136 valence electrons. The molecule has 2 atom stereocenters. The van der Waals surface area contributed by atoms with Gasteiger partial charge in [0, 0.05) is 18.2 Å². The minimum absolute atomic E-state index is 0.00472. The Morgan fingerprint density at radius 2 is 2.00 bits per heavy atom. The van der Waals surface area contributed by atoms with Gasteiger partial charge in [-0.1, -0.05) is 18.2 Å². The fourth-order valence-electron chi connectivity index (χ4n) is 3.00. The third-order valence-corrected chi connectivity index (χ3v) is 4.00. The molecular formula is C17H22N2O6. The van der Waals surface area contributed by atoms with E-state index in [0.717, 1.165) is 0 Å². The number of nitro benzene ring substituents is 1. The fraction of sp³-hybridized carbons (Fsp3) is 0.529. The van der Waals surface area contributed by atoms with Crippen molar-refractivity contribution < 1.29 is 24.4 Å². The zero-order valence-corrected chi connectivity index (χ0v) is 14.5. The highest BCUT2D eigenvalue weighted by molar-refractivity contribution is 5.81. The van der Waals surface area contributed by atoms with E-state index in [2.05, 4.69) is 0 Å². The van der Waals surface area contributed by atoms with Crippen LogP contribution in [0, 0.1) is 16.0 Å². The number of aliphatic carboxylic acids is 1. The van der Waals surface area contributed by atoms with Crippen LogP contribution in [0.5, 0.6) is 0 Å². The van der Waals surface area contributed by atoms with E-state index in [1.165, 1.54) is 11.0 Å². The standard InChI is InChI=1S/C17H22N2O6/c1-17(2,3)25-16(22)18-10-11(9-14(18)15(20)21)8-12-6-4-5-7-13(12)19(23)24/h4-7,11,14H,8-10H2,1-3H3,(H,20,21). The molecular weight excluding hydrogens is 328 g/mol. The van der Waals surface area contributed by atoms with Crippen LogP contribution in [0.15, 0.2) is 24.3 Å². The van der Waals surface area contributed by atoms with Crippen LogP contribution in [0.1, 0.15) is 32.8 Å². The van der Waals surface area contributed by atoms with Gasteiger partial charge in [0.25, 0.3) is 5.69 Å². The van der Waals surface area contributed by atoms with E-state index in [0.29, 0.717) is 12.0 Å². The molecule has 1 heterocycles. The summed E-state index contributed by atoms with van der Waals surface area (Å²) in [6.45, 7) is 5.32. The van der Waals surface area contributed by atoms with Gasteiger partial charge in [0.1, 0.15) is 11.6 Å². The van der Waals surface area contributed by atoms with Gasteiger partial charge in [0.05, 0.1) is 4.92 Å². The summed E-state index contributed by atoms with van der Waals surface area (Å²) < 4.78 is 5.28. The van der Waals surface area contributed by atoms with Gasteiger partial charge in [0.2, 0.25) is 0 Å². The number of hydrogen-bond donors (Lipinski definition) is 1. The quantitative estimate of drug-likeness (QED) is 0.660. The van der Waals surface area contributed by atoms with E-state index >= 15 is 0 Å². The van der Waals surface area contributed by atoms with E-state index in [9.17, 15) is 24.8 Å². The van der Waals surface area contributed by atoms with Gasteiger partial charge in [-0.25, -0.2) is 9.59 Å². The Labute approximate surface area is 145 Å². The van der Waals surface area contributed by atoms with Crippen molar-refractivity contribution in [1.82, 2.24) is 4.90 Å². The summed E-state index contributed by atoms with van der Waals surface area (Å²) in [6, 6.07) is 5.39. The van der Waals surface area contributed by atoms with Gasteiger partial charge in [-0.15, -0.1) is 0 Å². The number of carbonyl (C=O) groups is 2. The predicted octanol–water partition coefficient (Wildman–Crippen LogP) is 2.85. The van der Waals surface area contributed by atoms with Crippen molar-refractivity contribution in [2.45, 2.75) is 45.3 Å². The number of nitro groups is 1. The number of hydrogen-bond acceptors (Lipinski definition) is 5. The molecule has 1 aliphatic heterocycles. The maximum atomic E-state index is 12.3. The highest BCUT2D eigenvalue weighted by atomic mass is 16.6. The number of para-hydroxylation sites is 1. The van der Waals surface area contributed by atoms with Crippen molar-refractivity contribution >= 4 is 17.7 Å². The first-order valence-corrected chi connectivity index (χ1v) is 8.03. The van der Waals surface area contributed by atoms with Gasteiger partial charge in [0.15, 0.2) is 0 Å². The highest BCUT2D eigenvalue weighted by Crippen LogP contribution is 2.30. The Morgan fingerprint density at radius 3 is 2.56 bits per heavy atom. The van der Waals surface area contributed by atoms with Crippen LogP contribution in [0.2, 0.25) is 0 Å². The van der Waals surface area contributed by atoms with E-state index in [1.54, 1.807) is 39.0 Å². The summed E-state index contributed by atoms with van der Waals surface area (Å²) in [6.07, 6.45) is -0.106. The van der Waals surface area contributed by atoms with E-state index in [1.807, 2.05) is 0 Å². The van der Waals surface area contributed by atoms with Crippen LogP contribution >= 0.6 is 0 Å². The maximum Gasteiger partial charge on any atom is 0.411 e. The smallest absolute Gasteiger partial charge is 0.411 e. The van der Waals surface area contributed by atoms with Crippen molar-refractivity contribution in [3.05, 3.63) is 39.9 Å². The molecule has 0 bridgehead atoms. The van der Waals surface area contributed by atoms with Crippen LogP contribution in [0.25, 0.3) is 0 Å². The first-order valence-electron chi connectivity index (χ1n) is 8.03. The van der Waals surface area contributed by atoms with Crippen LogP contribution < -0.4 is 0 Å². The molecule has 2 unspecified atom stereocenters. The minimum atomic E-state index is -1.10. The van der Waals surface area contributed by atoms with Gasteiger partial charge in [-0.2, -0.15) is 0 Å². The van der Waals surface area contributed by atoms with Crippen molar-refractivity contribution in [1.29, 1.82) is 0 Å². The molecule has 1 aliphatic rings. The zero-order chi connectivity index (χ0) is 18.8. The number of ether oxygens (including phenoxy) is 1. The SMILES string of the molecule is CC(C)(C)OC(=O)N1CC(Cc2ccccc2[N+](=O)[O-])CC1C(=O)O. The Morgan fingerprint density at radius 1 is 1.36 bits per heavy atom. The molecule has 25 heavy (non-hydrogen) atoms. The number of rotatable bonds is 4. The third-order valence-electron chi connectivity index (χ3n) is 4.00. The molecule has 0 aromatic heterocycles. The summed E-state index contributed by atoms with van der Waals surface area (Å²) in [5.74, 6) is -1.29. The van der Waals surface area contributed by atoms with Gasteiger partial charge >= 0.3 is 12.1 Å². The highest BCUT2D eigenvalue weighted by Gasteiger charge is 2.41. The van der Waals surface area contributed by atoms with E-state index in [4.69, 9.17) is 4.74 Å². The monoisotopic (exact) mass is 350 g/mol. The van der Waals surface area contributed by atoms with Crippen molar-refractivity contribution in [3.63, 3.8) is 0 Å². The molecule has 0 radical (unpaired) electrons. The number of likely N-dealkylation sites (tertiary alicyclic amines) is 1. The van der Waals surface area contributed by atoms with E-state index < -0.39 is 28.6 Å². The second-order valence-electron chi connectivity index (χ2n) is 7.18. The lowest BCUT2D eigenvalue weighted by Crippen LogP contribution is -2.43. The van der Waals surface area contributed by atoms with E-state index in [-0.39, 0.29) is 24.6 Å². The summed E-state index contributed by atoms with van der Waals surface area (Å²) in [7, 11) is 0. The molecule has 1 saturated heterocycles. The molecule has 2 rings (SSSR count). The largest absolute Gasteiger partial charge is 0.480 e. The number of carboxylic acid groups (broad SMARTS) is 1. The van der Waals surface area contributed by atoms with Crippen molar-refractivity contribution in [3.8, 4) is 0 Å². The van der Waals surface area contributed by atoms with Crippen molar-refractivity contribution in [2.75, 3.05) is 6.54 Å². The molecule has 1 N–H and O–H groups in total. The van der Waals surface area contributed by atoms with Gasteiger partial charge < -0.3 is 9.84 Å². The number of benzene rings is 1. The second-order valence-corrected chi connectivity index (χ2v) is 7.18. The Hall–Kier alpha value is -2.64. The fourth-order valence-corrected chi connectivity index (χ4v) is 3.00. The lowest BCUT2D eigenvalue weighted by molar-refractivity contribution is -0.385. The Kier molecular flexibility index (Phi) is 5.30. The zero-order valence-electron chi connectivity index (χ0n) is 14.5. The summed E-state index contributed by atoms with van der Waals surface area (Å²) in [5, 5.41) is 20.5. The molecule has 0 aliphatic carbocycles. The summed E-state index contributed by atoms with van der Waals surface area (Å²) >= 11 is 0. The number of carbonyl (C=O) groups excluding carboxylic acids is 1. The average Bonchev–Trinajstić information content (AvgIpc) is 2.90. The third kappa shape index (κ3) is 4.68. The molecule has 1 amide bonds. The summed E-state index contributed by atoms with van der Waals surface area (Å²) in [4.78, 5) is 35.7. The molecule has 1 fully saturated rings. The van der Waals surface area contributed by atoms with Crippen LogP contribution in [0.4, 0.5) is 10.5 Å². The number of nitrogens with zero attached hydrogens (tertiary/aromatic N) is 2. The normalized spacial score (nSPS) is 20.4.